The molecule has 130 valence electrons. The summed E-state index contributed by atoms with van der Waals surface area (Å²) in [6, 6.07) is -0.0346. The zero-order valence-corrected chi connectivity index (χ0v) is 15.0. The maximum atomic E-state index is 12.8. The Balaban J connectivity index is 1.48. The Hall–Kier alpha value is -1.34. The molecule has 1 amide bonds. The molecule has 4 rings (SSSR count). The lowest BCUT2D eigenvalue weighted by Crippen LogP contribution is -2.49. The maximum Gasteiger partial charge on any atom is 0.257 e. The van der Waals surface area contributed by atoms with Gasteiger partial charge in [0.25, 0.3) is 5.56 Å². The van der Waals surface area contributed by atoms with Gasteiger partial charge in [0.15, 0.2) is 5.16 Å². The smallest absolute Gasteiger partial charge is 0.257 e. The number of thioether (sulfide) groups is 1. The van der Waals surface area contributed by atoms with E-state index in [1.54, 1.807) is 16.3 Å². The molecule has 7 heteroatoms. The van der Waals surface area contributed by atoms with Crippen molar-refractivity contribution in [1.82, 2.24) is 19.4 Å². The average Bonchev–Trinajstić information content (AvgIpc) is 3.23. The Labute approximate surface area is 146 Å². The van der Waals surface area contributed by atoms with Gasteiger partial charge in [-0.05, 0) is 25.8 Å². The number of hydrogen-bond acceptors (Lipinski definition) is 5. The van der Waals surface area contributed by atoms with Crippen LogP contribution in [0.5, 0.6) is 0 Å². The first-order valence-corrected chi connectivity index (χ1v) is 9.93. The highest BCUT2D eigenvalue weighted by Crippen LogP contribution is 2.34. The number of likely N-dealkylation sites (N-methyl/N-ethyl adjacent to an activating group) is 1. The molecule has 1 aromatic rings. The Kier molecular flexibility index (Phi) is 4.39. The maximum absolute atomic E-state index is 12.8. The van der Waals surface area contributed by atoms with Crippen LogP contribution in [0.3, 0.4) is 0 Å². The predicted molar refractivity (Wildman–Crippen MR) is 93.6 cm³/mol. The quantitative estimate of drug-likeness (QED) is 0.761. The molecule has 3 aliphatic rings. The largest absolute Gasteiger partial charge is 0.340 e. The third-order valence-corrected chi connectivity index (χ3v) is 6.55. The van der Waals surface area contributed by atoms with Gasteiger partial charge in [0.2, 0.25) is 5.91 Å². The van der Waals surface area contributed by atoms with Crippen LogP contribution < -0.4 is 5.56 Å². The Bertz CT molecular complexity index is 709. The second-order valence-corrected chi connectivity index (χ2v) is 7.82. The number of hydrogen-bond donors (Lipinski definition) is 0. The van der Waals surface area contributed by atoms with Crippen LogP contribution >= 0.6 is 11.8 Å². The van der Waals surface area contributed by atoms with Gasteiger partial charge in [0.05, 0.1) is 11.7 Å². The topological polar surface area (TPSA) is 58.4 Å². The van der Waals surface area contributed by atoms with Crippen molar-refractivity contribution in [3.63, 3.8) is 0 Å². The molecule has 1 unspecified atom stereocenters. The Morgan fingerprint density at radius 2 is 2.04 bits per heavy atom. The number of aryl methyl sites for hydroxylation is 1. The molecule has 1 saturated heterocycles. The molecule has 24 heavy (non-hydrogen) atoms. The van der Waals surface area contributed by atoms with Crippen LogP contribution in [0, 0.1) is 0 Å². The van der Waals surface area contributed by atoms with Crippen LogP contribution in [0.25, 0.3) is 0 Å². The van der Waals surface area contributed by atoms with Crippen LogP contribution in [0.2, 0.25) is 0 Å². The Morgan fingerprint density at radius 1 is 1.25 bits per heavy atom. The van der Waals surface area contributed by atoms with E-state index >= 15 is 0 Å². The summed E-state index contributed by atoms with van der Waals surface area (Å²) in [6.45, 7) is 6.71. The zero-order chi connectivity index (χ0) is 16.7. The summed E-state index contributed by atoms with van der Waals surface area (Å²) < 4.78 is 1.80. The minimum absolute atomic E-state index is 0.0346. The highest BCUT2D eigenvalue weighted by atomic mass is 32.2. The molecule has 1 atom stereocenters. The van der Waals surface area contributed by atoms with Crippen molar-refractivity contribution in [2.75, 3.05) is 38.5 Å². The third kappa shape index (κ3) is 2.77. The minimum atomic E-state index is -0.0346. The van der Waals surface area contributed by atoms with E-state index in [-0.39, 0.29) is 17.5 Å². The lowest BCUT2D eigenvalue weighted by Gasteiger charge is -2.34. The number of aromatic nitrogens is 2. The number of carbonyl (C=O) groups is 1. The van der Waals surface area contributed by atoms with E-state index in [1.165, 1.54) is 0 Å². The summed E-state index contributed by atoms with van der Waals surface area (Å²) in [4.78, 5) is 34.4. The Morgan fingerprint density at radius 3 is 2.79 bits per heavy atom. The van der Waals surface area contributed by atoms with Crippen LogP contribution in [0.1, 0.15) is 37.1 Å². The number of carbonyl (C=O) groups excluding carboxylic acids is 1. The van der Waals surface area contributed by atoms with Gasteiger partial charge < -0.3 is 9.80 Å². The minimum Gasteiger partial charge on any atom is -0.340 e. The lowest BCUT2D eigenvalue weighted by atomic mass is 10.1. The van der Waals surface area contributed by atoms with Crippen molar-refractivity contribution in [3.8, 4) is 0 Å². The van der Waals surface area contributed by atoms with Gasteiger partial charge in [-0.15, -0.1) is 0 Å². The van der Waals surface area contributed by atoms with Gasteiger partial charge in [-0.3, -0.25) is 14.2 Å². The molecule has 0 saturated carbocycles. The van der Waals surface area contributed by atoms with Crippen molar-refractivity contribution < 1.29 is 4.79 Å². The molecule has 1 fully saturated rings. The van der Waals surface area contributed by atoms with Gasteiger partial charge in [0.1, 0.15) is 0 Å². The average molecular weight is 348 g/mol. The normalized spacial score (nSPS) is 23.4. The number of piperazine rings is 1. The fourth-order valence-corrected chi connectivity index (χ4v) is 5.10. The van der Waals surface area contributed by atoms with Crippen LogP contribution in [0.4, 0.5) is 0 Å². The van der Waals surface area contributed by atoms with Crippen molar-refractivity contribution in [3.05, 3.63) is 21.6 Å². The monoisotopic (exact) mass is 348 g/mol. The summed E-state index contributed by atoms with van der Waals surface area (Å²) >= 11 is 1.62. The van der Waals surface area contributed by atoms with Crippen molar-refractivity contribution in [2.24, 2.45) is 0 Å². The summed E-state index contributed by atoms with van der Waals surface area (Å²) in [6.07, 6.45) is 3.21. The van der Waals surface area contributed by atoms with Gasteiger partial charge in [-0.25, -0.2) is 4.98 Å². The molecule has 0 spiro atoms. The summed E-state index contributed by atoms with van der Waals surface area (Å²) in [5.74, 6) is 0.961. The third-order valence-electron chi connectivity index (χ3n) is 5.45. The molecule has 0 N–H and O–H groups in total. The molecule has 1 aromatic heterocycles. The van der Waals surface area contributed by atoms with E-state index in [4.69, 9.17) is 0 Å². The van der Waals surface area contributed by atoms with Gasteiger partial charge in [0, 0.05) is 43.9 Å². The molecule has 2 aliphatic heterocycles. The van der Waals surface area contributed by atoms with Gasteiger partial charge in [-0.2, -0.15) is 0 Å². The molecular formula is C17H24N4O2S. The molecule has 6 nitrogen and oxygen atoms in total. The highest BCUT2D eigenvalue weighted by molar-refractivity contribution is 7.99. The highest BCUT2D eigenvalue weighted by Gasteiger charge is 2.32. The van der Waals surface area contributed by atoms with E-state index in [0.29, 0.717) is 6.42 Å². The first kappa shape index (κ1) is 16.1. The second-order valence-electron chi connectivity index (χ2n) is 6.83. The van der Waals surface area contributed by atoms with Crippen LogP contribution in [-0.4, -0.2) is 63.7 Å². The molecule has 0 aromatic carbocycles. The number of rotatable bonds is 3. The molecule has 0 bridgehead atoms. The fourth-order valence-electron chi connectivity index (χ4n) is 3.95. The van der Waals surface area contributed by atoms with Crippen molar-refractivity contribution in [1.29, 1.82) is 0 Å². The first-order valence-electron chi connectivity index (χ1n) is 8.94. The SMILES string of the molecule is CCN1CCN(C(=O)CC2CSc3nc4c(c(=O)n32)CCC4)CC1. The van der Waals surface area contributed by atoms with Gasteiger partial charge in [-0.1, -0.05) is 18.7 Å². The molecule has 3 heterocycles. The standard InChI is InChI=1S/C17H24N4O2S/c1-2-19-6-8-20(9-7-19)15(22)10-12-11-24-17-18-14-5-3-4-13(14)16(23)21(12)17/h12H,2-11H2,1H3. The predicted octanol–water partition coefficient (Wildman–Crippen LogP) is 0.933. The van der Waals surface area contributed by atoms with Crippen LogP contribution in [0.15, 0.2) is 9.95 Å². The van der Waals surface area contributed by atoms with Gasteiger partial charge >= 0.3 is 0 Å². The number of amides is 1. The van der Waals surface area contributed by atoms with Crippen molar-refractivity contribution >= 4 is 17.7 Å². The van der Waals surface area contributed by atoms with E-state index in [0.717, 1.165) is 74.2 Å². The van der Waals surface area contributed by atoms with E-state index in [2.05, 4.69) is 16.8 Å². The van der Waals surface area contributed by atoms with Crippen LogP contribution in [-0.2, 0) is 17.6 Å². The zero-order valence-electron chi connectivity index (χ0n) is 14.2. The van der Waals surface area contributed by atoms with E-state index < -0.39 is 0 Å². The second kappa shape index (κ2) is 6.52. The summed E-state index contributed by atoms with van der Waals surface area (Å²) in [7, 11) is 0. The van der Waals surface area contributed by atoms with E-state index in [9.17, 15) is 9.59 Å². The molecule has 1 aliphatic carbocycles. The first-order chi connectivity index (χ1) is 11.7. The number of fused-ring (bicyclic) bond motifs is 2. The summed E-state index contributed by atoms with van der Waals surface area (Å²) in [5, 5.41) is 0.814. The number of nitrogens with zero attached hydrogens (tertiary/aromatic N) is 4. The lowest BCUT2D eigenvalue weighted by molar-refractivity contribution is -0.133. The van der Waals surface area contributed by atoms with Crippen molar-refractivity contribution in [2.45, 2.75) is 43.8 Å². The fraction of sp³-hybridized carbons (Fsp3) is 0.706. The van der Waals surface area contributed by atoms with E-state index in [1.807, 2.05) is 4.90 Å². The molecular weight excluding hydrogens is 324 g/mol. The summed E-state index contributed by atoms with van der Waals surface area (Å²) in [5.41, 5.74) is 1.97. The molecule has 0 radical (unpaired) electrons.